The highest BCUT2D eigenvalue weighted by Gasteiger charge is 2.28. The Kier molecular flexibility index (Phi) is 4.75. The Balaban J connectivity index is 1.68. The van der Waals surface area contributed by atoms with Gasteiger partial charge in [0.2, 0.25) is 5.91 Å². The normalized spacial score (nSPS) is 17.7. The highest BCUT2D eigenvalue weighted by atomic mass is 32.1. The second kappa shape index (κ2) is 7.07. The largest absolute Gasteiger partial charge is 0.339 e. The number of rotatable bonds is 1. The van der Waals surface area contributed by atoms with Gasteiger partial charge in [-0.25, -0.2) is 4.98 Å². The summed E-state index contributed by atoms with van der Waals surface area (Å²) in [6.07, 6.45) is 3.98. The Morgan fingerprint density at radius 1 is 1.00 bits per heavy atom. The van der Waals surface area contributed by atoms with Gasteiger partial charge in [0.05, 0.1) is 10.3 Å². The second-order valence-corrected chi connectivity index (χ2v) is 8.33. The molecule has 0 unspecified atom stereocenters. The number of hydrogen-bond donors (Lipinski definition) is 0. The third kappa shape index (κ3) is 3.16. The van der Waals surface area contributed by atoms with Crippen LogP contribution in [0.1, 0.15) is 47.2 Å². The third-order valence-electron chi connectivity index (χ3n) is 5.62. The zero-order valence-electron chi connectivity index (χ0n) is 15.8. The highest BCUT2D eigenvalue weighted by Crippen LogP contribution is 2.29. The maximum atomic E-state index is 13.1. The van der Waals surface area contributed by atoms with Crippen molar-refractivity contribution in [3.8, 4) is 0 Å². The monoisotopic (exact) mass is 388 g/mol. The molecular weight excluding hydrogens is 364 g/mol. The van der Waals surface area contributed by atoms with Gasteiger partial charge in [-0.1, -0.05) is 6.42 Å². The van der Waals surface area contributed by atoms with Crippen LogP contribution in [-0.4, -0.2) is 57.3 Å². The number of carbonyl (C=O) groups excluding carboxylic acids is 2. The summed E-state index contributed by atoms with van der Waals surface area (Å²) >= 11 is 1.33. The van der Waals surface area contributed by atoms with Gasteiger partial charge in [0.1, 0.15) is 10.7 Å². The Morgan fingerprint density at radius 3 is 2.41 bits per heavy atom. The lowest BCUT2D eigenvalue weighted by Crippen LogP contribution is -2.50. The summed E-state index contributed by atoms with van der Waals surface area (Å²) in [7, 11) is 0. The van der Waals surface area contributed by atoms with Gasteiger partial charge in [0, 0.05) is 46.1 Å². The molecule has 0 radical (unpaired) electrons. The van der Waals surface area contributed by atoms with Crippen LogP contribution in [0.15, 0.2) is 4.79 Å². The number of thiophene rings is 1. The Bertz CT molecular complexity index is 969. The van der Waals surface area contributed by atoms with Gasteiger partial charge in [0.25, 0.3) is 11.5 Å². The Hall–Kier alpha value is -2.22. The van der Waals surface area contributed by atoms with E-state index in [2.05, 4.69) is 0 Å². The molecule has 0 aliphatic carbocycles. The summed E-state index contributed by atoms with van der Waals surface area (Å²) in [5.41, 5.74) is 0.733. The molecule has 4 rings (SSSR count). The van der Waals surface area contributed by atoms with Crippen molar-refractivity contribution in [3.05, 3.63) is 26.6 Å². The molecule has 0 atom stereocenters. The lowest BCUT2D eigenvalue weighted by Gasteiger charge is -2.34. The van der Waals surface area contributed by atoms with Crippen LogP contribution in [0, 0.1) is 6.92 Å². The predicted octanol–water partition coefficient (Wildman–Crippen LogP) is 1.80. The van der Waals surface area contributed by atoms with Crippen LogP contribution in [0.2, 0.25) is 0 Å². The molecule has 4 heterocycles. The number of aromatic nitrogens is 2. The summed E-state index contributed by atoms with van der Waals surface area (Å²) < 4.78 is 1.80. The lowest BCUT2D eigenvalue weighted by atomic mass is 10.2. The van der Waals surface area contributed by atoms with E-state index in [9.17, 15) is 14.4 Å². The van der Waals surface area contributed by atoms with Crippen molar-refractivity contribution in [1.82, 2.24) is 19.4 Å². The van der Waals surface area contributed by atoms with E-state index in [1.54, 1.807) is 21.3 Å². The number of carbonyl (C=O) groups is 2. The first-order valence-corrected chi connectivity index (χ1v) is 10.4. The number of piperazine rings is 1. The molecule has 0 bridgehead atoms. The van der Waals surface area contributed by atoms with E-state index in [1.807, 2.05) is 6.92 Å². The summed E-state index contributed by atoms with van der Waals surface area (Å²) in [4.78, 5) is 47.1. The molecule has 2 aliphatic rings. The molecule has 8 heteroatoms. The average Bonchev–Trinajstić information content (AvgIpc) is 2.83. The molecular formula is C19H24N4O3S. The van der Waals surface area contributed by atoms with E-state index in [1.165, 1.54) is 11.3 Å². The number of aryl methyl sites for hydroxylation is 2. The number of fused-ring (bicyclic) bond motifs is 2. The molecule has 1 fully saturated rings. The zero-order valence-corrected chi connectivity index (χ0v) is 16.6. The molecule has 2 aromatic rings. The van der Waals surface area contributed by atoms with Gasteiger partial charge in [-0.05, 0) is 25.3 Å². The van der Waals surface area contributed by atoms with E-state index < -0.39 is 0 Å². The van der Waals surface area contributed by atoms with Gasteiger partial charge in [-0.3, -0.25) is 19.0 Å². The summed E-state index contributed by atoms with van der Waals surface area (Å²) in [5, 5.41) is 0.594. The standard InChI is InChI=1S/C19H24N4O3S/c1-12-15-17(20-14-6-4-3-5-7-23(14)18(15)25)27-16(12)19(26)22-10-8-21(9-11-22)13(2)24/h3-11H2,1-2H3. The topological polar surface area (TPSA) is 75.5 Å². The van der Waals surface area contributed by atoms with Crippen LogP contribution < -0.4 is 5.56 Å². The van der Waals surface area contributed by atoms with Crippen LogP contribution in [0.3, 0.4) is 0 Å². The molecule has 1 saturated heterocycles. The fraction of sp³-hybridized carbons (Fsp3) is 0.579. The van der Waals surface area contributed by atoms with Crippen molar-refractivity contribution in [2.45, 2.75) is 46.1 Å². The van der Waals surface area contributed by atoms with Crippen LogP contribution in [-0.2, 0) is 17.8 Å². The minimum Gasteiger partial charge on any atom is -0.339 e. The Labute approximate surface area is 161 Å². The van der Waals surface area contributed by atoms with Gasteiger partial charge < -0.3 is 9.80 Å². The first kappa shape index (κ1) is 18.2. The molecule has 0 N–H and O–H groups in total. The smallest absolute Gasteiger partial charge is 0.264 e. The minimum atomic E-state index is -0.0571. The summed E-state index contributed by atoms with van der Waals surface area (Å²) in [6, 6.07) is 0. The SMILES string of the molecule is CC(=O)N1CCN(C(=O)c2sc3nc4n(c(=O)c3c2C)CCCCC4)CC1. The fourth-order valence-corrected chi connectivity index (χ4v) is 5.14. The molecule has 2 aromatic heterocycles. The first-order valence-electron chi connectivity index (χ1n) is 9.55. The fourth-order valence-electron chi connectivity index (χ4n) is 3.98. The molecule has 144 valence electrons. The molecule has 27 heavy (non-hydrogen) atoms. The maximum absolute atomic E-state index is 13.1. The number of hydrogen-bond acceptors (Lipinski definition) is 5. The first-order chi connectivity index (χ1) is 13.0. The second-order valence-electron chi connectivity index (χ2n) is 7.33. The van der Waals surface area contributed by atoms with Crippen LogP contribution in [0.25, 0.3) is 10.2 Å². The minimum absolute atomic E-state index is 0.00824. The predicted molar refractivity (Wildman–Crippen MR) is 104 cm³/mol. The van der Waals surface area contributed by atoms with Crippen molar-refractivity contribution < 1.29 is 9.59 Å². The highest BCUT2D eigenvalue weighted by molar-refractivity contribution is 7.20. The number of nitrogens with zero attached hydrogens (tertiary/aromatic N) is 4. The van der Waals surface area contributed by atoms with E-state index >= 15 is 0 Å². The molecule has 7 nitrogen and oxygen atoms in total. The van der Waals surface area contributed by atoms with E-state index in [-0.39, 0.29) is 17.4 Å². The van der Waals surface area contributed by atoms with E-state index in [0.717, 1.165) is 37.1 Å². The van der Waals surface area contributed by atoms with Crippen molar-refractivity contribution in [2.24, 2.45) is 0 Å². The third-order valence-corrected chi connectivity index (χ3v) is 6.79. The van der Waals surface area contributed by atoms with E-state index in [4.69, 9.17) is 4.98 Å². The van der Waals surface area contributed by atoms with Crippen molar-refractivity contribution in [2.75, 3.05) is 26.2 Å². The van der Waals surface area contributed by atoms with Crippen molar-refractivity contribution >= 4 is 33.4 Å². The van der Waals surface area contributed by atoms with Gasteiger partial charge in [0.15, 0.2) is 0 Å². The van der Waals surface area contributed by atoms with Crippen LogP contribution in [0.4, 0.5) is 0 Å². The number of amides is 2. The van der Waals surface area contributed by atoms with Crippen LogP contribution >= 0.6 is 11.3 Å². The summed E-state index contributed by atoms with van der Waals surface area (Å²) in [5.74, 6) is 0.831. The maximum Gasteiger partial charge on any atom is 0.264 e. The lowest BCUT2D eigenvalue weighted by molar-refractivity contribution is -0.130. The molecule has 0 spiro atoms. The molecule has 2 amide bonds. The molecule has 0 aromatic carbocycles. The van der Waals surface area contributed by atoms with E-state index in [0.29, 0.717) is 47.8 Å². The van der Waals surface area contributed by atoms with Crippen molar-refractivity contribution in [3.63, 3.8) is 0 Å². The van der Waals surface area contributed by atoms with Crippen molar-refractivity contribution in [1.29, 1.82) is 0 Å². The molecule has 2 aliphatic heterocycles. The van der Waals surface area contributed by atoms with Gasteiger partial charge >= 0.3 is 0 Å². The van der Waals surface area contributed by atoms with Gasteiger partial charge in [-0.2, -0.15) is 0 Å². The zero-order chi connectivity index (χ0) is 19.1. The van der Waals surface area contributed by atoms with Gasteiger partial charge in [-0.15, -0.1) is 11.3 Å². The Morgan fingerprint density at radius 2 is 1.70 bits per heavy atom. The van der Waals surface area contributed by atoms with Crippen LogP contribution in [0.5, 0.6) is 0 Å². The molecule has 0 saturated carbocycles. The average molecular weight is 388 g/mol. The summed E-state index contributed by atoms with van der Waals surface area (Å²) in [6.45, 7) is 6.27. The quantitative estimate of drug-likeness (QED) is 0.747.